The first-order valence-electron chi connectivity index (χ1n) is 32.8. The van der Waals surface area contributed by atoms with E-state index in [1.54, 1.807) is 12.1 Å². The molecule has 6 heterocycles. The van der Waals surface area contributed by atoms with Crippen molar-refractivity contribution in [3.63, 3.8) is 0 Å². The molecule has 20 rings (SSSR count). The summed E-state index contributed by atoms with van der Waals surface area (Å²) in [6.45, 7) is 0. The van der Waals surface area contributed by atoms with Crippen molar-refractivity contribution in [2.75, 3.05) is 0 Å². The Morgan fingerprint density at radius 2 is 0.430 bits per heavy atom. The van der Waals surface area contributed by atoms with Crippen LogP contribution in [0.2, 0.25) is 0 Å². The van der Waals surface area contributed by atoms with E-state index in [0.29, 0.717) is 22.1 Å². The molecule has 13 heteroatoms. The highest BCUT2D eigenvalue weighted by Gasteiger charge is 2.38. The molecule has 7 nitrogen and oxygen atoms in total. The van der Waals surface area contributed by atoms with Crippen molar-refractivity contribution in [3.05, 3.63) is 314 Å². The number of hydrogen-bond acceptors (Lipinski definition) is 1. The van der Waals surface area contributed by atoms with E-state index in [1.165, 1.54) is 0 Å². The summed E-state index contributed by atoms with van der Waals surface area (Å²) < 4.78 is 105. The van der Waals surface area contributed by atoms with Gasteiger partial charge in [-0.2, -0.15) is 31.6 Å². The zero-order valence-electron chi connectivity index (χ0n) is 52.7. The average molecular weight is 1310 g/mol. The number of rotatable bonds is 7. The molecule has 0 aliphatic heterocycles. The maximum Gasteiger partial charge on any atom is 0.416 e. The first kappa shape index (κ1) is 57.2. The molecule has 14 aromatic carbocycles. The van der Waals surface area contributed by atoms with Gasteiger partial charge in [-0.1, -0.05) is 170 Å². The summed E-state index contributed by atoms with van der Waals surface area (Å²) in [5.41, 5.74) is 10.4. The van der Waals surface area contributed by atoms with Gasteiger partial charge in [0, 0.05) is 87.4 Å². The summed E-state index contributed by atoms with van der Waals surface area (Å²) in [5.74, 6) is 0. The van der Waals surface area contributed by atoms with Crippen molar-refractivity contribution in [3.8, 4) is 51.3 Å². The van der Waals surface area contributed by atoms with E-state index in [1.807, 2.05) is 106 Å². The number of fused-ring (bicyclic) bond motifs is 18. The van der Waals surface area contributed by atoms with Crippen LogP contribution in [0, 0.1) is 11.3 Å². The molecule has 0 atom stereocenters. The lowest BCUT2D eigenvalue weighted by Crippen LogP contribution is -2.11. The van der Waals surface area contributed by atoms with Crippen molar-refractivity contribution in [1.82, 2.24) is 27.4 Å². The quantitative estimate of drug-likeness (QED) is 0.147. The Bertz CT molecular complexity index is 6020. The molecule has 100 heavy (non-hydrogen) atoms. The van der Waals surface area contributed by atoms with Gasteiger partial charge >= 0.3 is 12.4 Å². The van der Waals surface area contributed by atoms with Crippen LogP contribution >= 0.6 is 0 Å². The van der Waals surface area contributed by atoms with Crippen molar-refractivity contribution in [1.29, 1.82) is 5.26 Å². The summed E-state index contributed by atoms with van der Waals surface area (Å²) in [4.78, 5) is 0. The second-order valence-electron chi connectivity index (χ2n) is 25.8. The van der Waals surface area contributed by atoms with Gasteiger partial charge in [-0.3, -0.25) is 0 Å². The van der Waals surface area contributed by atoms with Gasteiger partial charge in [0.25, 0.3) is 0 Å². The highest BCUT2D eigenvalue weighted by atomic mass is 19.4. The summed E-state index contributed by atoms with van der Waals surface area (Å²) in [7, 11) is 0. The minimum Gasteiger partial charge on any atom is -0.309 e. The fraction of sp³-hybridized carbons (Fsp3) is 0.0230. The summed E-state index contributed by atoms with van der Waals surface area (Å²) in [6, 6.07) is 97.9. The first-order chi connectivity index (χ1) is 48.8. The molecule has 0 saturated carbocycles. The molecule has 0 aliphatic carbocycles. The molecular weight excluding hydrogens is 1260 g/mol. The van der Waals surface area contributed by atoms with E-state index >= 15 is 26.3 Å². The van der Waals surface area contributed by atoms with E-state index in [-0.39, 0.29) is 34.1 Å². The lowest BCUT2D eigenvalue weighted by atomic mass is 9.96. The zero-order chi connectivity index (χ0) is 67.0. The Hall–Kier alpha value is -13.1. The molecule has 474 valence electrons. The Morgan fingerprint density at radius 1 is 0.220 bits per heavy atom. The molecule has 0 bridgehead atoms. The molecule has 0 fully saturated rings. The Morgan fingerprint density at radius 3 is 0.650 bits per heavy atom. The normalized spacial score (nSPS) is 12.5. The minimum atomic E-state index is -5.19. The number of aromatic nitrogens is 6. The Labute approximate surface area is 564 Å². The van der Waals surface area contributed by atoms with Crippen LogP contribution in [0.25, 0.3) is 176 Å². The molecule has 20 aromatic rings. The number of alkyl halides is 6. The standard InChI is InChI=1S/C87H49F6N7/c88-86(89,90)53-41-51(42-54(45-53)87(91,92)93)52-43-80(99-82-46-55(95-72-25-9-1-17-59(72)60-18-2-10-26-73(60)95)33-37-67(82)68-38-34-56(47-83(68)99)96-74-27-11-3-19-61(74)62-20-4-12-28-75(62)96)71(50-94)81(44-52)100-84-48-57(97-76-29-13-5-21-63(76)64-22-6-14-30-77(64)97)35-39-69(84)70-40-36-58(49-85(70)100)98-78-31-15-7-23-65(78)66-24-8-16-32-79(66)98/h1-49H. The van der Waals surface area contributed by atoms with Crippen LogP contribution in [0.15, 0.2) is 297 Å². The number of para-hydroxylation sites is 8. The van der Waals surface area contributed by atoms with Crippen molar-refractivity contribution in [2.24, 2.45) is 0 Å². The fourth-order valence-corrected chi connectivity index (χ4v) is 16.2. The lowest BCUT2D eigenvalue weighted by Gasteiger charge is -2.20. The maximum absolute atomic E-state index is 15.4. The van der Waals surface area contributed by atoms with Gasteiger partial charge in [0.05, 0.1) is 88.7 Å². The van der Waals surface area contributed by atoms with Crippen LogP contribution in [0.1, 0.15) is 16.7 Å². The van der Waals surface area contributed by atoms with Crippen LogP contribution < -0.4 is 0 Å². The molecule has 0 spiro atoms. The van der Waals surface area contributed by atoms with Crippen molar-refractivity contribution in [2.45, 2.75) is 12.4 Å². The summed E-state index contributed by atoms with van der Waals surface area (Å²) in [6.07, 6.45) is -10.4. The Balaban J connectivity index is 0.959. The predicted molar refractivity (Wildman–Crippen MR) is 393 cm³/mol. The smallest absolute Gasteiger partial charge is 0.309 e. The SMILES string of the molecule is N#Cc1c(-n2c3cc(-n4c5ccccc5c5ccccc54)ccc3c3ccc(-n4c5ccccc5c5ccccc54)cc32)cc(-c2cc(C(F)(F)F)cc(C(F)(F)F)c2)cc1-n1c2cc(-n3c4ccccc4c4ccccc43)ccc2c2ccc(-n3c4ccccc4c4ccccc43)cc21. The highest BCUT2D eigenvalue weighted by molar-refractivity contribution is 6.17. The highest BCUT2D eigenvalue weighted by Crippen LogP contribution is 2.47. The number of nitrogens with zero attached hydrogens (tertiary/aromatic N) is 7. The van der Waals surface area contributed by atoms with Gasteiger partial charge in [0.1, 0.15) is 11.6 Å². The maximum atomic E-state index is 15.4. The third kappa shape index (κ3) is 8.28. The van der Waals surface area contributed by atoms with Crippen LogP contribution in [-0.2, 0) is 12.4 Å². The molecule has 0 amide bonds. The van der Waals surface area contributed by atoms with E-state index in [9.17, 15) is 5.26 Å². The molecule has 0 unspecified atom stereocenters. The van der Waals surface area contributed by atoms with Crippen LogP contribution in [0.3, 0.4) is 0 Å². The monoisotopic (exact) mass is 1310 g/mol. The molecule has 0 radical (unpaired) electrons. The summed E-state index contributed by atoms with van der Waals surface area (Å²) >= 11 is 0. The zero-order valence-corrected chi connectivity index (χ0v) is 52.7. The molecule has 6 aromatic heterocycles. The fourth-order valence-electron chi connectivity index (χ4n) is 16.2. The topological polar surface area (TPSA) is 53.4 Å². The molecule has 0 aliphatic rings. The number of hydrogen-bond donors (Lipinski definition) is 0. The van der Waals surface area contributed by atoms with Gasteiger partial charge in [-0.05, 0) is 139 Å². The predicted octanol–water partition coefficient (Wildman–Crippen LogP) is 23.8. The second-order valence-corrected chi connectivity index (χ2v) is 25.8. The summed E-state index contributed by atoms with van der Waals surface area (Å²) in [5, 5.41) is 24.0. The number of halogens is 6. The Kier molecular flexibility index (Phi) is 12.0. The van der Waals surface area contributed by atoms with E-state index in [2.05, 4.69) is 194 Å². The van der Waals surface area contributed by atoms with E-state index in [0.717, 1.165) is 144 Å². The number of nitriles is 1. The van der Waals surface area contributed by atoms with E-state index in [4.69, 9.17) is 0 Å². The van der Waals surface area contributed by atoms with Crippen molar-refractivity contribution < 1.29 is 26.3 Å². The van der Waals surface area contributed by atoms with Crippen LogP contribution in [0.4, 0.5) is 26.3 Å². The van der Waals surface area contributed by atoms with Gasteiger partial charge in [0.2, 0.25) is 0 Å². The minimum absolute atomic E-state index is 0.000177. The van der Waals surface area contributed by atoms with Gasteiger partial charge in [-0.25, -0.2) is 0 Å². The largest absolute Gasteiger partial charge is 0.416 e. The average Bonchev–Trinajstić information content (AvgIpc) is 1.55. The van der Waals surface area contributed by atoms with Crippen LogP contribution in [-0.4, -0.2) is 27.4 Å². The van der Waals surface area contributed by atoms with Gasteiger partial charge in [0.15, 0.2) is 0 Å². The lowest BCUT2D eigenvalue weighted by molar-refractivity contribution is -0.143. The van der Waals surface area contributed by atoms with Crippen LogP contribution in [0.5, 0.6) is 0 Å². The number of benzene rings is 14. The second kappa shape index (κ2) is 21.0. The molecular formula is C87H49F6N7. The van der Waals surface area contributed by atoms with Gasteiger partial charge in [-0.15, -0.1) is 0 Å². The first-order valence-corrected chi connectivity index (χ1v) is 32.8. The van der Waals surface area contributed by atoms with Gasteiger partial charge < -0.3 is 27.4 Å². The van der Waals surface area contributed by atoms with E-state index < -0.39 is 23.5 Å². The third-order valence-corrected chi connectivity index (χ3v) is 20.4. The third-order valence-electron chi connectivity index (χ3n) is 20.4. The molecule has 0 N–H and O–H groups in total. The molecule has 0 saturated heterocycles. The van der Waals surface area contributed by atoms with Crippen molar-refractivity contribution >= 4 is 131 Å².